The summed E-state index contributed by atoms with van der Waals surface area (Å²) in [6, 6.07) is 13.5. The van der Waals surface area contributed by atoms with Gasteiger partial charge in [0.05, 0.1) is 34.5 Å². The molecule has 0 bridgehead atoms. The van der Waals surface area contributed by atoms with E-state index in [2.05, 4.69) is 30.4 Å². The summed E-state index contributed by atoms with van der Waals surface area (Å²) in [5, 5.41) is 3.16. The van der Waals surface area contributed by atoms with E-state index in [1.165, 1.54) is 0 Å². The van der Waals surface area contributed by atoms with Crippen LogP contribution < -0.4 is 19.5 Å². The second kappa shape index (κ2) is 15.0. The molecule has 0 radical (unpaired) electrons. The lowest BCUT2D eigenvalue weighted by Gasteiger charge is -2.24. The van der Waals surface area contributed by atoms with Gasteiger partial charge in [-0.25, -0.2) is 0 Å². The summed E-state index contributed by atoms with van der Waals surface area (Å²) in [4.78, 5) is 15.0. The zero-order valence-corrected chi connectivity index (χ0v) is 21.1. The van der Waals surface area contributed by atoms with Crippen LogP contribution in [0.3, 0.4) is 0 Å². The van der Waals surface area contributed by atoms with Crippen molar-refractivity contribution in [2.24, 2.45) is 0 Å². The number of benzene rings is 2. The molecule has 1 aliphatic heterocycles. The van der Waals surface area contributed by atoms with Gasteiger partial charge in [0.1, 0.15) is 0 Å². The van der Waals surface area contributed by atoms with Crippen LogP contribution in [-0.4, -0.2) is 71.5 Å². The summed E-state index contributed by atoms with van der Waals surface area (Å²) in [6.07, 6.45) is 2.97. The number of nitrogens with zero attached hydrogens (tertiary/aromatic N) is 1. The predicted molar refractivity (Wildman–Crippen MR) is 136 cm³/mol. The minimum Gasteiger partial charge on any atom is -0.493 e. The molecule has 34 heavy (non-hydrogen) atoms. The molecule has 2 aromatic carbocycles. The first-order chi connectivity index (χ1) is 16.5. The highest BCUT2D eigenvalue weighted by atomic mass is 16.5. The Labute approximate surface area is 203 Å². The standard InChI is InChI=1S/C23H29NO4.C4H9NO/c1-6-12-24(16-17(2)13-18-10-8-7-9-11-18)23(25)19-14-20(26-3)22(28-5)21(15-19)27-4;1-3-6-4-2-5-1/h7-11,13-15H,6,12,16H2,1-5H3;5H,1-4H2/b17-13+;. The predicted octanol–water partition coefficient (Wildman–Crippen LogP) is 4.27. The third kappa shape index (κ3) is 8.39. The molecule has 7 nitrogen and oxygen atoms in total. The van der Waals surface area contributed by atoms with Gasteiger partial charge in [-0.2, -0.15) is 0 Å². The van der Waals surface area contributed by atoms with Crippen LogP contribution in [0.1, 0.15) is 36.2 Å². The van der Waals surface area contributed by atoms with E-state index in [1.54, 1.807) is 33.5 Å². The quantitative estimate of drug-likeness (QED) is 0.590. The maximum Gasteiger partial charge on any atom is 0.254 e. The average molecular weight is 471 g/mol. The van der Waals surface area contributed by atoms with Crippen molar-refractivity contribution < 1.29 is 23.7 Å². The molecule has 1 N–H and O–H groups in total. The first-order valence-corrected chi connectivity index (χ1v) is 11.6. The van der Waals surface area contributed by atoms with Gasteiger partial charge in [0.25, 0.3) is 5.91 Å². The summed E-state index contributed by atoms with van der Waals surface area (Å²) in [6.45, 7) is 9.15. The second-order valence-electron chi connectivity index (χ2n) is 7.90. The number of hydrogen-bond donors (Lipinski definition) is 1. The molecule has 0 spiro atoms. The van der Waals surface area contributed by atoms with Crippen molar-refractivity contribution >= 4 is 12.0 Å². The Balaban J connectivity index is 0.000000589. The minimum atomic E-state index is -0.0677. The summed E-state index contributed by atoms with van der Waals surface area (Å²) >= 11 is 0. The van der Waals surface area contributed by atoms with Gasteiger partial charge in [-0.3, -0.25) is 4.79 Å². The highest BCUT2D eigenvalue weighted by Gasteiger charge is 2.21. The topological polar surface area (TPSA) is 69.3 Å². The van der Waals surface area contributed by atoms with Crippen LogP contribution in [0.4, 0.5) is 0 Å². The Hall–Kier alpha value is -3.03. The van der Waals surface area contributed by atoms with Crippen LogP contribution in [0.5, 0.6) is 17.2 Å². The van der Waals surface area contributed by atoms with E-state index >= 15 is 0 Å². The molecule has 2 aromatic rings. The van der Waals surface area contributed by atoms with Crippen molar-refractivity contribution in [3.63, 3.8) is 0 Å². The van der Waals surface area contributed by atoms with E-state index in [-0.39, 0.29) is 5.91 Å². The number of rotatable bonds is 9. The number of amides is 1. The van der Waals surface area contributed by atoms with Gasteiger partial charge < -0.3 is 29.2 Å². The Morgan fingerprint density at radius 2 is 1.65 bits per heavy atom. The van der Waals surface area contributed by atoms with Crippen molar-refractivity contribution in [1.82, 2.24) is 10.2 Å². The lowest BCUT2D eigenvalue weighted by Crippen LogP contribution is -2.33. The van der Waals surface area contributed by atoms with Gasteiger partial charge in [-0.15, -0.1) is 0 Å². The Bertz CT molecular complexity index is 874. The zero-order valence-electron chi connectivity index (χ0n) is 21.1. The molecule has 7 heteroatoms. The van der Waals surface area contributed by atoms with Gasteiger partial charge in [-0.1, -0.05) is 48.9 Å². The van der Waals surface area contributed by atoms with Crippen LogP contribution in [-0.2, 0) is 4.74 Å². The molecule has 1 saturated heterocycles. The number of nitrogens with one attached hydrogen (secondary N) is 1. The van der Waals surface area contributed by atoms with Crippen molar-refractivity contribution in [3.05, 3.63) is 59.2 Å². The third-order valence-electron chi connectivity index (χ3n) is 5.19. The molecule has 0 aromatic heterocycles. The molecular weight excluding hydrogens is 432 g/mol. The maximum atomic E-state index is 13.2. The van der Waals surface area contributed by atoms with Crippen LogP contribution in [0.15, 0.2) is 48.0 Å². The Kier molecular flexibility index (Phi) is 12.0. The van der Waals surface area contributed by atoms with Crippen LogP contribution in [0.25, 0.3) is 6.08 Å². The van der Waals surface area contributed by atoms with Crippen molar-refractivity contribution in [3.8, 4) is 17.2 Å². The highest BCUT2D eigenvalue weighted by molar-refractivity contribution is 5.96. The highest BCUT2D eigenvalue weighted by Crippen LogP contribution is 2.38. The maximum absolute atomic E-state index is 13.2. The van der Waals surface area contributed by atoms with Gasteiger partial charge >= 0.3 is 0 Å². The summed E-state index contributed by atoms with van der Waals surface area (Å²) < 4.78 is 21.1. The molecule has 1 heterocycles. The van der Waals surface area contributed by atoms with Gasteiger partial charge in [0.15, 0.2) is 11.5 Å². The van der Waals surface area contributed by atoms with E-state index in [1.807, 2.05) is 30.0 Å². The van der Waals surface area contributed by atoms with Crippen LogP contribution in [0.2, 0.25) is 0 Å². The van der Waals surface area contributed by atoms with E-state index in [0.717, 1.165) is 43.9 Å². The van der Waals surface area contributed by atoms with Gasteiger partial charge in [-0.05, 0) is 31.0 Å². The normalized spacial score (nSPS) is 13.4. The van der Waals surface area contributed by atoms with Crippen molar-refractivity contribution in [2.75, 3.05) is 60.7 Å². The Morgan fingerprint density at radius 1 is 1.03 bits per heavy atom. The number of carbonyl (C=O) groups is 1. The van der Waals surface area contributed by atoms with Gasteiger partial charge in [0.2, 0.25) is 5.75 Å². The largest absolute Gasteiger partial charge is 0.493 e. The van der Waals surface area contributed by atoms with Crippen molar-refractivity contribution in [1.29, 1.82) is 0 Å². The molecule has 0 aliphatic carbocycles. The van der Waals surface area contributed by atoms with E-state index in [9.17, 15) is 4.79 Å². The molecule has 1 aliphatic rings. The van der Waals surface area contributed by atoms with Crippen molar-refractivity contribution in [2.45, 2.75) is 20.3 Å². The minimum absolute atomic E-state index is 0.0677. The first-order valence-electron chi connectivity index (χ1n) is 11.6. The lowest BCUT2D eigenvalue weighted by atomic mass is 10.1. The van der Waals surface area contributed by atoms with E-state index < -0.39 is 0 Å². The van der Waals surface area contributed by atoms with Crippen LogP contribution in [0, 0.1) is 0 Å². The fourth-order valence-corrected chi connectivity index (χ4v) is 3.61. The fourth-order valence-electron chi connectivity index (χ4n) is 3.61. The number of hydrogen-bond acceptors (Lipinski definition) is 6. The molecule has 0 saturated carbocycles. The molecular formula is C27H38N2O5. The summed E-state index contributed by atoms with van der Waals surface area (Å²) in [5.41, 5.74) is 2.74. The Morgan fingerprint density at radius 3 is 2.09 bits per heavy atom. The monoisotopic (exact) mass is 470 g/mol. The molecule has 0 unspecified atom stereocenters. The number of morpholine rings is 1. The van der Waals surface area contributed by atoms with E-state index in [4.69, 9.17) is 18.9 Å². The lowest BCUT2D eigenvalue weighted by molar-refractivity contribution is 0.0769. The summed E-state index contributed by atoms with van der Waals surface area (Å²) in [7, 11) is 4.63. The summed E-state index contributed by atoms with van der Waals surface area (Å²) in [5.74, 6) is 1.35. The molecule has 186 valence electrons. The molecule has 1 amide bonds. The smallest absolute Gasteiger partial charge is 0.254 e. The number of ether oxygens (including phenoxy) is 4. The second-order valence-corrected chi connectivity index (χ2v) is 7.90. The molecule has 1 fully saturated rings. The number of carbonyl (C=O) groups excluding carboxylic acids is 1. The SMILES string of the molecule is C1COCCN1.CCCN(C/C(C)=C/c1ccccc1)C(=O)c1cc(OC)c(OC)c(OC)c1. The first kappa shape index (κ1) is 27.2. The average Bonchev–Trinajstić information content (AvgIpc) is 2.89. The zero-order chi connectivity index (χ0) is 24.8. The molecule has 3 rings (SSSR count). The van der Waals surface area contributed by atoms with Gasteiger partial charge in [0, 0.05) is 31.7 Å². The molecule has 0 atom stereocenters. The van der Waals surface area contributed by atoms with E-state index in [0.29, 0.717) is 35.9 Å². The fraction of sp³-hybridized carbons (Fsp3) is 0.444. The third-order valence-corrected chi connectivity index (χ3v) is 5.19. The number of methoxy groups -OCH3 is 3. The van der Waals surface area contributed by atoms with Crippen LogP contribution >= 0.6 is 0 Å².